The highest BCUT2D eigenvalue weighted by atomic mass is 19.1. The molecule has 0 spiro atoms. The Morgan fingerprint density at radius 2 is 2.23 bits per heavy atom. The molecule has 0 amide bonds. The topological polar surface area (TPSA) is 46.2 Å². The monoisotopic (exact) mass is 181 g/mol. The molecule has 0 fully saturated rings. The normalized spacial score (nSPS) is 27.0. The van der Waals surface area contributed by atoms with E-state index in [4.69, 9.17) is 5.73 Å². The summed E-state index contributed by atoms with van der Waals surface area (Å²) in [6, 6.07) is 4.51. The summed E-state index contributed by atoms with van der Waals surface area (Å²) in [6.45, 7) is 0. The molecular weight excluding hydrogens is 169 g/mol. The van der Waals surface area contributed by atoms with Gasteiger partial charge in [0.15, 0.2) is 0 Å². The van der Waals surface area contributed by atoms with Crippen molar-refractivity contribution >= 4 is 0 Å². The molecule has 70 valence electrons. The Balaban J connectivity index is 2.49. The standard InChI is InChI=1S/C10H12FNO/c11-8-3-1-2-7-6(8)4-5-9(12)10(7)13/h1-3,9-10,13H,4-5,12H2/t9-,10+/m1/s1. The van der Waals surface area contributed by atoms with Crippen LogP contribution in [0.5, 0.6) is 0 Å². The summed E-state index contributed by atoms with van der Waals surface area (Å²) in [5.74, 6) is -0.233. The molecule has 3 N–H and O–H groups in total. The molecule has 1 aliphatic rings. The molecule has 2 nitrogen and oxygen atoms in total. The number of benzene rings is 1. The SMILES string of the molecule is N[C@@H]1CCc2c(F)cccc2[C@@H]1O. The van der Waals surface area contributed by atoms with Crippen molar-refractivity contribution in [2.24, 2.45) is 5.73 Å². The molecular formula is C10H12FNO. The molecule has 2 rings (SSSR count). The minimum Gasteiger partial charge on any atom is -0.387 e. The van der Waals surface area contributed by atoms with Gasteiger partial charge in [0.05, 0.1) is 6.10 Å². The van der Waals surface area contributed by atoms with Crippen LogP contribution in [-0.4, -0.2) is 11.1 Å². The highest BCUT2D eigenvalue weighted by Gasteiger charge is 2.26. The van der Waals surface area contributed by atoms with E-state index in [1.807, 2.05) is 0 Å². The summed E-state index contributed by atoms with van der Waals surface area (Å²) in [4.78, 5) is 0. The Bertz CT molecular complexity index is 327. The third kappa shape index (κ3) is 1.34. The molecule has 0 aliphatic heterocycles. The molecule has 13 heavy (non-hydrogen) atoms. The molecule has 0 bridgehead atoms. The van der Waals surface area contributed by atoms with Crippen LogP contribution in [0.2, 0.25) is 0 Å². The lowest BCUT2D eigenvalue weighted by molar-refractivity contribution is 0.133. The minimum absolute atomic E-state index is 0.233. The lowest BCUT2D eigenvalue weighted by atomic mass is 9.86. The van der Waals surface area contributed by atoms with E-state index in [1.54, 1.807) is 12.1 Å². The van der Waals surface area contributed by atoms with Crippen molar-refractivity contribution < 1.29 is 9.50 Å². The smallest absolute Gasteiger partial charge is 0.126 e. The van der Waals surface area contributed by atoms with Gasteiger partial charge in [0, 0.05) is 6.04 Å². The van der Waals surface area contributed by atoms with Crippen LogP contribution in [0.1, 0.15) is 23.7 Å². The van der Waals surface area contributed by atoms with Crippen molar-refractivity contribution in [1.29, 1.82) is 0 Å². The van der Waals surface area contributed by atoms with E-state index >= 15 is 0 Å². The number of halogens is 1. The fraction of sp³-hybridized carbons (Fsp3) is 0.400. The number of hydrogen-bond donors (Lipinski definition) is 2. The maximum Gasteiger partial charge on any atom is 0.126 e. The average Bonchev–Trinajstić information content (AvgIpc) is 2.12. The van der Waals surface area contributed by atoms with Crippen LogP contribution < -0.4 is 5.73 Å². The first-order valence-electron chi connectivity index (χ1n) is 4.41. The number of aliphatic hydroxyl groups excluding tert-OH is 1. The Labute approximate surface area is 76.2 Å². The van der Waals surface area contributed by atoms with Gasteiger partial charge in [-0.15, -0.1) is 0 Å². The number of aliphatic hydroxyl groups is 1. The van der Waals surface area contributed by atoms with E-state index in [2.05, 4.69) is 0 Å². The quantitative estimate of drug-likeness (QED) is 0.630. The van der Waals surface area contributed by atoms with Crippen LogP contribution in [0.3, 0.4) is 0 Å². The zero-order chi connectivity index (χ0) is 9.42. The van der Waals surface area contributed by atoms with E-state index in [0.29, 0.717) is 24.0 Å². The molecule has 0 saturated carbocycles. The van der Waals surface area contributed by atoms with Crippen LogP contribution in [0.25, 0.3) is 0 Å². The van der Waals surface area contributed by atoms with Crippen LogP contribution in [0, 0.1) is 5.82 Å². The molecule has 0 unspecified atom stereocenters. The predicted octanol–water partition coefficient (Wildman–Crippen LogP) is 1.13. The summed E-state index contributed by atoms with van der Waals surface area (Å²) in [5.41, 5.74) is 6.94. The summed E-state index contributed by atoms with van der Waals surface area (Å²) < 4.78 is 13.2. The molecule has 0 aromatic heterocycles. The van der Waals surface area contributed by atoms with Crippen molar-refractivity contribution in [3.8, 4) is 0 Å². The maximum absolute atomic E-state index is 13.2. The molecule has 1 aromatic carbocycles. The van der Waals surface area contributed by atoms with Crippen molar-refractivity contribution in [3.05, 3.63) is 35.1 Å². The van der Waals surface area contributed by atoms with E-state index in [9.17, 15) is 9.50 Å². The van der Waals surface area contributed by atoms with Gasteiger partial charge in [-0.05, 0) is 30.0 Å². The molecule has 1 aliphatic carbocycles. The highest BCUT2D eigenvalue weighted by molar-refractivity contribution is 5.33. The van der Waals surface area contributed by atoms with Crippen LogP contribution in [-0.2, 0) is 6.42 Å². The van der Waals surface area contributed by atoms with Gasteiger partial charge in [-0.3, -0.25) is 0 Å². The highest BCUT2D eigenvalue weighted by Crippen LogP contribution is 2.30. The molecule has 1 aromatic rings. The number of nitrogens with two attached hydrogens (primary N) is 1. The van der Waals surface area contributed by atoms with E-state index in [-0.39, 0.29) is 11.9 Å². The fourth-order valence-corrected chi connectivity index (χ4v) is 1.82. The van der Waals surface area contributed by atoms with Crippen molar-refractivity contribution in [2.75, 3.05) is 0 Å². The summed E-state index contributed by atoms with van der Waals surface area (Å²) >= 11 is 0. The van der Waals surface area contributed by atoms with Gasteiger partial charge in [-0.2, -0.15) is 0 Å². The van der Waals surface area contributed by atoms with Crippen LogP contribution >= 0.6 is 0 Å². The van der Waals surface area contributed by atoms with Gasteiger partial charge >= 0.3 is 0 Å². The Morgan fingerprint density at radius 1 is 1.46 bits per heavy atom. The second-order valence-electron chi connectivity index (χ2n) is 3.45. The van der Waals surface area contributed by atoms with Gasteiger partial charge in [0.2, 0.25) is 0 Å². The Kier molecular flexibility index (Phi) is 2.06. The first kappa shape index (κ1) is 8.66. The second-order valence-corrected chi connectivity index (χ2v) is 3.45. The van der Waals surface area contributed by atoms with Gasteiger partial charge < -0.3 is 10.8 Å². The Hall–Kier alpha value is -0.930. The van der Waals surface area contributed by atoms with E-state index in [1.165, 1.54) is 6.07 Å². The van der Waals surface area contributed by atoms with Crippen molar-refractivity contribution in [2.45, 2.75) is 25.0 Å². The minimum atomic E-state index is -0.709. The molecule has 0 radical (unpaired) electrons. The van der Waals surface area contributed by atoms with Gasteiger partial charge in [0.1, 0.15) is 5.82 Å². The van der Waals surface area contributed by atoms with Crippen LogP contribution in [0.4, 0.5) is 4.39 Å². The van der Waals surface area contributed by atoms with Crippen LogP contribution in [0.15, 0.2) is 18.2 Å². The molecule has 0 saturated heterocycles. The average molecular weight is 181 g/mol. The third-order valence-electron chi connectivity index (χ3n) is 2.61. The molecule has 0 heterocycles. The van der Waals surface area contributed by atoms with Gasteiger partial charge in [-0.25, -0.2) is 4.39 Å². The number of hydrogen-bond acceptors (Lipinski definition) is 2. The van der Waals surface area contributed by atoms with Gasteiger partial charge in [0.25, 0.3) is 0 Å². The second kappa shape index (κ2) is 3.09. The lowest BCUT2D eigenvalue weighted by Crippen LogP contribution is -2.33. The first-order valence-corrected chi connectivity index (χ1v) is 4.41. The zero-order valence-corrected chi connectivity index (χ0v) is 7.20. The predicted molar refractivity (Wildman–Crippen MR) is 47.7 cm³/mol. The maximum atomic E-state index is 13.2. The summed E-state index contributed by atoms with van der Waals surface area (Å²) in [6.07, 6.45) is 0.564. The number of fused-ring (bicyclic) bond motifs is 1. The van der Waals surface area contributed by atoms with Crippen molar-refractivity contribution in [1.82, 2.24) is 0 Å². The first-order chi connectivity index (χ1) is 6.20. The zero-order valence-electron chi connectivity index (χ0n) is 7.20. The molecule has 3 heteroatoms. The largest absolute Gasteiger partial charge is 0.387 e. The van der Waals surface area contributed by atoms with E-state index < -0.39 is 6.10 Å². The molecule has 2 atom stereocenters. The third-order valence-corrected chi connectivity index (χ3v) is 2.61. The lowest BCUT2D eigenvalue weighted by Gasteiger charge is -2.27. The van der Waals surface area contributed by atoms with Gasteiger partial charge in [-0.1, -0.05) is 12.1 Å². The Morgan fingerprint density at radius 3 is 3.00 bits per heavy atom. The van der Waals surface area contributed by atoms with Crippen molar-refractivity contribution in [3.63, 3.8) is 0 Å². The fourth-order valence-electron chi connectivity index (χ4n) is 1.82. The number of rotatable bonds is 0. The van der Waals surface area contributed by atoms with E-state index in [0.717, 1.165) is 0 Å². The summed E-state index contributed by atoms with van der Waals surface area (Å²) in [7, 11) is 0. The summed E-state index contributed by atoms with van der Waals surface area (Å²) in [5, 5.41) is 9.66.